The van der Waals surface area contributed by atoms with Crippen molar-refractivity contribution in [3.8, 4) is 0 Å². The number of ether oxygens (including phenoxy) is 1. The van der Waals surface area contributed by atoms with Crippen LogP contribution >= 0.6 is 30.1 Å². The molecule has 0 aliphatic carbocycles. The smallest absolute Gasteiger partial charge is 0.330 e. The third-order valence-corrected chi connectivity index (χ3v) is 11.0. The predicted octanol–water partition coefficient (Wildman–Crippen LogP) is 6.28. The summed E-state index contributed by atoms with van der Waals surface area (Å²) in [5, 5.41) is 0. The lowest BCUT2D eigenvalue weighted by Gasteiger charge is -2.37. The minimum atomic E-state index is -1.72. The van der Waals surface area contributed by atoms with Crippen LogP contribution in [0.15, 0.2) is 21.9 Å². The summed E-state index contributed by atoms with van der Waals surface area (Å²) in [7, 11) is 2.20. The molecule has 1 aromatic rings. The normalized spacial score (nSPS) is 23.8. The average molecular weight is 583 g/mol. The first-order valence-electron chi connectivity index (χ1n) is 13.7. The van der Waals surface area contributed by atoms with Crippen LogP contribution in [-0.2, 0) is 13.8 Å². The third kappa shape index (κ3) is 10.6. The molecule has 12 heteroatoms. The monoisotopic (exact) mass is 582 g/mol. The van der Waals surface area contributed by atoms with Gasteiger partial charge in [0.05, 0.1) is 12.7 Å². The topological polar surface area (TPSA) is 85.8 Å². The van der Waals surface area contributed by atoms with Gasteiger partial charge in [0.2, 0.25) is 0 Å². The van der Waals surface area contributed by atoms with E-state index in [1.54, 1.807) is 0 Å². The molecule has 1 aliphatic rings. The second kappa shape index (κ2) is 15.4. The number of halogens is 1. The molecular weight excluding hydrogens is 536 g/mol. The molecule has 37 heavy (non-hydrogen) atoms. The zero-order chi connectivity index (χ0) is 28.5. The van der Waals surface area contributed by atoms with E-state index >= 15 is 4.39 Å². The second-order valence-electron chi connectivity index (χ2n) is 10.7. The fourth-order valence-corrected chi connectivity index (χ4v) is 8.10. The van der Waals surface area contributed by atoms with Gasteiger partial charge in [0.15, 0.2) is 12.4 Å². The van der Waals surface area contributed by atoms with E-state index in [0.717, 1.165) is 42.1 Å². The number of unbranched alkanes of at least 4 members (excludes halogenated alkanes) is 3. The highest BCUT2D eigenvalue weighted by atomic mass is 33.1. The van der Waals surface area contributed by atoms with E-state index in [2.05, 4.69) is 30.4 Å². The lowest BCUT2D eigenvalue weighted by molar-refractivity contribution is -0.0180. The molecule has 0 amide bonds. The number of nitrogens with zero attached hydrogens (tertiary/aromatic N) is 2. The number of aromatic nitrogens is 2. The van der Waals surface area contributed by atoms with Crippen LogP contribution in [0.3, 0.4) is 0 Å². The van der Waals surface area contributed by atoms with Gasteiger partial charge in [-0.05, 0) is 47.4 Å². The van der Waals surface area contributed by atoms with Crippen molar-refractivity contribution in [2.45, 2.75) is 122 Å². The largest absolute Gasteiger partial charge is 0.349 e. The van der Waals surface area contributed by atoms with Crippen LogP contribution in [0.4, 0.5) is 4.39 Å². The van der Waals surface area contributed by atoms with Crippen molar-refractivity contribution >= 4 is 30.1 Å². The van der Waals surface area contributed by atoms with E-state index in [4.69, 9.17) is 15.2 Å². The van der Waals surface area contributed by atoms with Gasteiger partial charge in [0.1, 0.15) is 6.10 Å². The number of hydrogen-bond donors (Lipinski definition) is 1. The molecule has 0 bridgehead atoms. The Bertz CT molecular complexity index is 941. The molecule has 0 aromatic carbocycles. The minimum Gasteiger partial charge on any atom is -0.349 e. The van der Waals surface area contributed by atoms with Gasteiger partial charge >= 0.3 is 5.69 Å². The van der Waals surface area contributed by atoms with E-state index in [1.165, 1.54) is 6.20 Å². The summed E-state index contributed by atoms with van der Waals surface area (Å²) in [6, 6.07) is 1.32. The van der Waals surface area contributed by atoms with Crippen molar-refractivity contribution in [3.63, 3.8) is 0 Å². The number of aromatic amines is 1. The Balaban J connectivity index is 2.01. The van der Waals surface area contributed by atoms with Crippen molar-refractivity contribution in [1.82, 2.24) is 14.2 Å². The van der Waals surface area contributed by atoms with Crippen molar-refractivity contribution in [1.29, 1.82) is 0 Å². The molecule has 1 fully saturated rings. The SMILES string of the molecule is [2H]CC1OC(n2ccc(=O)[nH]c2=O)C(F)C1OP(OCCCCCCSSC(C)(C)C)N(C(C)C)C(C)C. The molecule has 1 aliphatic heterocycles. The zero-order valence-corrected chi connectivity index (χ0v) is 25.7. The number of nitrogens with one attached hydrogen (secondary N) is 1. The summed E-state index contributed by atoms with van der Waals surface area (Å²) >= 11 is 0. The molecule has 2 heterocycles. The fraction of sp³-hybridized carbons (Fsp3) is 0.840. The Morgan fingerprint density at radius 1 is 1.22 bits per heavy atom. The highest BCUT2D eigenvalue weighted by Gasteiger charge is 2.47. The van der Waals surface area contributed by atoms with E-state index in [0.29, 0.717) is 6.61 Å². The molecule has 1 N–H and O–H groups in total. The molecular formula is C25H45FN3O5PS2. The summed E-state index contributed by atoms with van der Waals surface area (Å²) in [5.74, 6) is 1.13. The van der Waals surface area contributed by atoms with Gasteiger partial charge in [-0.15, -0.1) is 0 Å². The van der Waals surface area contributed by atoms with Crippen LogP contribution in [0.2, 0.25) is 0 Å². The van der Waals surface area contributed by atoms with Crippen LogP contribution in [-0.4, -0.2) is 61.8 Å². The Morgan fingerprint density at radius 2 is 1.89 bits per heavy atom. The number of H-pyrrole nitrogens is 1. The highest BCUT2D eigenvalue weighted by molar-refractivity contribution is 8.77. The molecule has 5 unspecified atom stereocenters. The summed E-state index contributed by atoms with van der Waals surface area (Å²) in [6.07, 6.45) is 0.422. The van der Waals surface area contributed by atoms with Gasteiger partial charge in [-0.3, -0.25) is 14.3 Å². The van der Waals surface area contributed by atoms with Gasteiger partial charge in [-0.2, -0.15) is 0 Å². The van der Waals surface area contributed by atoms with Gasteiger partial charge in [0, 0.05) is 36.2 Å². The standard InChI is InChI=1S/C25H45FN3O5PS2/c1-17(2)29(18(3)4)35(32-15-11-9-10-12-16-36-37-25(6,7)8)34-22-19(5)33-23(21(22)26)28-14-13-20(30)27-24(28)31/h13-14,17-19,21-23H,9-12,15-16H2,1-8H3,(H,27,30,31)/i5D. The quantitative estimate of drug-likeness (QED) is 0.147. The highest BCUT2D eigenvalue weighted by Crippen LogP contribution is 2.50. The van der Waals surface area contributed by atoms with Crippen LogP contribution in [0.25, 0.3) is 0 Å². The first-order chi connectivity index (χ1) is 17.9. The summed E-state index contributed by atoms with van der Waals surface area (Å²) < 4.78 is 45.2. The minimum absolute atomic E-state index is 0.0888. The Hall–Kier alpha value is -0.420. The maximum atomic E-state index is 15.7. The van der Waals surface area contributed by atoms with Crippen molar-refractivity contribution < 1.29 is 19.5 Å². The van der Waals surface area contributed by atoms with Gasteiger partial charge in [-0.25, -0.2) is 13.9 Å². The van der Waals surface area contributed by atoms with Crippen LogP contribution in [0.1, 0.15) is 88.6 Å². The summed E-state index contributed by atoms with van der Waals surface area (Å²) in [5.41, 5.74) is -1.34. The first kappa shape index (κ1) is 31.1. The van der Waals surface area contributed by atoms with E-state index < -0.39 is 44.4 Å². The molecule has 214 valence electrons. The number of rotatable bonds is 15. The lowest BCUT2D eigenvalue weighted by atomic mass is 10.2. The molecule has 0 spiro atoms. The van der Waals surface area contributed by atoms with Gasteiger partial charge in [0.25, 0.3) is 14.1 Å². The van der Waals surface area contributed by atoms with Gasteiger partial charge < -0.3 is 13.8 Å². The summed E-state index contributed by atoms with van der Waals surface area (Å²) in [6.45, 7) is 15.1. The van der Waals surface area contributed by atoms with E-state index in [1.807, 2.05) is 49.3 Å². The number of alkyl halides is 1. The maximum Gasteiger partial charge on any atom is 0.330 e. The zero-order valence-electron chi connectivity index (χ0n) is 24.1. The van der Waals surface area contributed by atoms with Crippen LogP contribution in [0.5, 0.6) is 0 Å². The molecule has 0 radical (unpaired) electrons. The van der Waals surface area contributed by atoms with Crippen molar-refractivity contribution in [2.24, 2.45) is 0 Å². The second-order valence-corrected chi connectivity index (χ2v) is 15.3. The van der Waals surface area contributed by atoms with Gasteiger partial charge in [-0.1, -0.05) is 55.2 Å². The fourth-order valence-electron chi connectivity index (χ4n) is 3.88. The van der Waals surface area contributed by atoms with E-state index in [-0.39, 0.29) is 23.7 Å². The Kier molecular flexibility index (Phi) is 12.9. The Morgan fingerprint density at radius 3 is 2.49 bits per heavy atom. The lowest BCUT2D eigenvalue weighted by Crippen LogP contribution is -2.38. The molecule has 5 atom stereocenters. The Labute approximate surface area is 231 Å². The summed E-state index contributed by atoms with van der Waals surface area (Å²) in [4.78, 5) is 25.8. The third-order valence-electron chi connectivity index (χ3n) is 5.48. The van der Waals surface area contributed by atoms with E-state index in [9.17, 15) is 9.59 Å². The van der Waals surface area contributed by atoms with Crippen molar-refractivity contribution in [2.75, 3.05) is 12.4 Å². The predicted molar refractivity (Wildman–Crippen MR) is 154 cm³/mol. The van der Waals surface area contributed by atoms with Crippen LogP contribution in [0, 0.1) is 0 Å². The molecule has 0 saturated carbocycles. The molecule has 8 nitrogen and oxygen atoms in total. The maximum absolute atomic E-state index is 15.7. The van der Waals surface area contributed by atoms with Crippen molar-refractivity contribution in [3.05, 3.63) is 33.1 Å². The van der Waals surface area contributed by atoms with Crippen LogP contribution < -0.4 is 11.2 Å². The first-order valence-corrected chi connectivity index (χ1v) is 16.4. The molecule has 1 saturated heterocycles. The molecule has 1 aromatic heterocycles. The molecule has 2 rings (SSSR count). The average Bonchev–Trinajstić information content (AvgIpc) is 3.11. The number of hydrogen-bond acceptors (Lipinski definition) is 8.